The van der Waals surface area contributed by atoms with Gasteiger partial charge in [0.2, 0.25) is 5.91 Å². The van der Waals surface area contributed by atoms with Gasteiger partial charge in [0.15, 0.2) is 5.96 Å². The number of fused-ring (bicyclic) bond motifs is 1. The van der Waals surface area contributed by atoms with Crippen LogP contribution < -0.4 is 10.6 Å². The monoisotopic (exact) mass is 437 g/mol. The minimum atomic E-state index is 0.284. The third-order valence-electron chi connectivity index (χ3n) is 6.37. The first-order chi connectivity index (χ1) is 15.7. The summed E-state index contributed by atoms with van der Waals surface area (Å²) < 4.78 is 2.08. The van der Waals surface area contributed by atoms with Crippen molar-refractivity contribution >= 4 is 11.9 Å². The van der Waals surface area contributed by atoms with Gasteiger partial charge in [0.25, 0.3) is 0 Å². The maximum atomic E-state index is 11.8. The molecule has 1 fully saturated rings. The molecule has 1 aromatic carbocycles. The SMILES string of the molecule is CCc1nncn1CCNC(=NCCCN1CCCC1=O)NC1CCc2ccccc2C1. The number of benzene rings is 1. The Hall–Kier alpha value is -2.90. The number of aromatic nitrogens is 3. The summed E-state index contributed by atoms with van der Waals surface area (Å²) in [5.41, 5.74) is 2.90. The van der Waals surface area contributed by atoms with E-state index in [-0.39, 0.29) is 5.91 Å². The second-order valence-electron chi connectivity index (χ2n) is 8.64. The molecule has 1 saturated heterocycles. The summed E-state index contributed by atoms with van der Waals surface area (Å²) in [7, 11) is 0. The Kier molecular flexibility index (Phi) is 7.74. The fourth-order valence-corrected chi connectivity index (χ4v) is 4.59. The third kappa shape index (κ3) is 5.87. The van der Waals surface area contributed by atoms with Crippen molar-refractivity contribution in [3.05, 3.63) is 47.5 Å². The van der Waals surface area contributed by atoms with Crippen LogP contribution in [-0.4, -0.2) is 63.8 Å². The molecule has 1 amide bonds. The smallest absolute Gasteiger partial charge is 0.222 e. The van der Waals surface area contributed by atoms with Crippen LogP contribution in [0.4, 0.5) is 0 Å². The highest BCUT2D eigenvalue weighted by Gasteiger charge is 2.20. The number of likely N-dealkylation sites (tertiary alicyclic amines) is 1. The number of nitrogens with zero attached hydrogens (tertiary/aromatic N) is 5. The summed E-state index contributed by atoms with van der Waals surface area (Å²) in [6.45, 7) is 6.04. The number of aliphatic imine (C=N–C) groups is 1. The number of carbonyl (C=O) groups is 1. The quantitative estimate of drug-likeness (QED) is 0.356. The summed E-state index contributed by atoms with van der Waals surface area (Å²) in [4.78, 5) is 18.6. The molecule has 8 heteroatoms. The van der Waals surface area contributed by atoms with Crippen LogP contribution in [0.15, 0.2) is 35.6 Å². The van der Waals surface area contributed by atoms with Gasteiger partial charge in [-0.25, -0.2) is 0 Å². The van der Waals surface area contributed by atoms with Crippen LogP contribution in [0.1, 0.15) is 49.6 Å². The van der Waals surface area contributed by atoms with E-state index < -0.39 is 0 Å². The van der Waals surface area contributed by atoms with E-state index in [1.807, 2.05) is 4.90 Å². The fourth-order valence-electron chi connectivity index (χ4n) is 4.59. The van der Waals surface area contributed by atoms with Crippen molar-refractivity contribution in [2.24, 2.45) is 4.99 Å². The Labute approximate surface area is 190 Å². The van der Waals surface area contributed by atoms with E-state index in [1.54, 1.807) is 6.33 Å². The van der Waals surface area contributed by atoms with Crippen molar-refractivity contribution in [1.29, 1.82) is 0 Å². The van der Waals surface area contributed by atoms with Gasteiger partial charge in [0, 0.05) is 51.6 Å². The zero-order valence-electron chi connectivity index (χ0n) is 19.1. The highest BCUT2D eigenvalue weighted by Crippen LogP contribution is 2.21. The summed E-state index contributed by atoms with van der Waals surface area (Å²) in [5, 5.41) is 15.3. The van der Waals surface area contributed by atoms with Gasteiger partial charge in [-0.1, -0.05) is 31.2 Å². The number of amides is 1. The van der Waals surface area contributed by atoms with Crippen molar-refractivity contribution in [1.82, 2.24) is 30.3 Å². The lowest BCUT2D eigenvalue weighted by Crippen LogP contribution is -2.46. The highest BCUT2D eigenvalue weighted by molar-refractivity contribution is 5.80. The third-order valence-corrected chi connectivity index (χ3v) is 6.37. The van der Waals surface area contributed by atoms with E-state index >= 15 is 0 Å². The zero-order valence-corrected chi connectivity index (χ0v) is 19.1. The number of hydrogen-bond acceptors (Lipinski definition) is 4. The molecule has 0 radical (unpaired) electrons. The molecule has 4 rings (SSSR count). The number of aryl methyl sites for hydroxylation is 2. The number of rotatable bonds is 9. The van der Waals surface area contributed by atoms with E-state index in [9.17, 15) is 4.79 Å². The topological polar surface area (TPSA) is 87.4 Å². The molecule has 172 valence electrons. The first-order valence-electron chi connectivity index (χ1n) is 12.0. The van der Waals surface area contributed by atoms with E-state index in [2.05, 4.69) is 56.6 Å². The second kappa shape index (κ2) is 11.1. The van der Waals surface area contributed by atoms with Gasteiger partial charge < -0.3 is 20.1 Å². The van der Waals surface area contributed by atoms with Crippen molar-refractivity contribution in [2.45, 2.75) is 64.5 Å². The Morgan fingerprint density at radius 3 is 2.91 bits per heavy atom. The Bertz CT molecular complexity index is 923. The standard InChI is InChI=1S/C24H35N7O/c1-2-22-29-27-18-31(22)16-13-26-24(25-12-6-15-30-14-5-9-23(30)32)28-21-11-10-19-7-3-4-8-20(19)17-21/h3-4,7-8,18,21H,2,5-6,9-17H2,1H3,(H2,25,26,28). The summed E-state index contributed by atoms with van der Waals surface area (Å²) in [6.07, 6.45) is 8.45. The predicted molar refractivity (Wildman–Crippen MR) is 126 cm³/mol. The van der Waals surface area contributed by atoms with Crippen LogP contribution in [0.25, 0.3) is 0 Å². The molecule has 1 atom stereocenters. The van der Waals surface area contributed by atoms with E-state index in [4.69, 9.17) is 4.99 Å². The summed E-state index contributed by atoms with van der Waals surface area (Å²) >= 11 is 0. The molecule has 8 nitrogen and oxygen atoms in total. The molecular formula is C24H35N7O. The molecule has 0 spiro atoms. The van der Waals surface area contributed by atoms with Crippen molar-refractivity contribution < 1.29 is 4.79 Å². The molecule has 2 aliphatic rings. The normalized spacial score (nSPS) is 18.7. The van der Waals surface area contributed by atoms with Crippen LogP contribution in [0.2, 0.25) is 0 Å². The lowest BCUT2D eigenvalue weighted by molar-refractivity contribution is -0.127. The van der Waals surface area contributed by atoms with Gasteiger partial charge in [-0.05, 0) is 43.2 Å². The zero-order chi connectivity index (χ0) is 22.2. The van der Waals surface area contributed by atoms with Gasteiger partial charge in [-0.15, -0.1) is 10.2 Å². The van der Waals surface area contributed by atoms with Crippen LogP contribution in [0.3, 0.4) is 0 Å². The van der Waals surface area contributed by atoms with E-state index in [1.165, 1.54) is 11.1 Å². The molecule has 32 heavy (non-hydrogen) atoms. The van der Waals surface area contributed by atoms with Gasteiger partial charge in [0.1, 0.15) is 12.2 Å². The summed E-state index contributed by atoms with van der Waals surface area (Å²) in [6, 6.07) is 9.10. The van der Waals surface area contributed by atoms with Gasteiger partial charge in [-0.2, -0.15) is 0 Å². The van der Waals surface area contributed by atoms with E-state index in [0.717, 1.165) is 76.5 Å². The molecule has 0 bridgehead atoms. The lowest BCUT2D eigenvalue weighted by Gasteiger charge is -2.27. The highest BCUT2D eigenvalue weighted by atomic mass is 16.2. The van der Waals surface area contributed by atoms with Crippen molar-refractivity contribution in [3.8, 4) is 0 Å². The van der Waals surface area contributed by atoms with Crippen molar-refractivity contribution in [3.63, 3.8) is 0 Å². The average Bonchev–Trinajstić information content (AvgIpc) is 3.44. The second-order valence-corrected chi connectivity index (χ2v) is 8.64. The van der Waals surface area contributed by atoms with E-state index in [0.29, 0.717) is 19.0 Å². The molecule has 0 saturated carbocycles. The fraction of sp³-hybridized carbons (Fsp3) is 0.583. The van der Waals surface area contributed by atoms with Gasteiger partial charge >= 0.3 is 0 Å². The number of guanidine groups is 1. The van der Waals surface area contributed by atoms with Crippen LogP contribution in [-0.2, 0) is 30.6 Å². The molecule has 2 N–H and O–H groups in total. The minimum Gasteiger partial charge on any atom is -0.355 e. The van der Waals surface area contributed by atoms with Crippen LogP contribution >= 0.6 is 0 Å². The maximum Gasteiger partial charge on any atom is 0.222 e. The number of carbonyl (C=O) groups excluding carboxylic acids is 1. The molecule has 1 aliphatic carbocycles. The van der Waals surface area contributed by atoms with Crippen molar-refractivity contribution in [2.75, 3.05) is 26.2 Å². The van der Waals surface area contributed by atoms with Crippen LogP contribution in [0.5, 0.6) is 0 Å². The Balaban J connectivity index is 1.32. The lowest BCUT2D eigenvalue weighted by atomic mass is 9.88. The molecule has 1 aromatic heterocycles. The maximum absolute atomic E-state index is 11.8. The molecule has 1 aliphatic heterocycles. The molecule has 2 aromatic rings. The minimum absolute atomic E-state index is 0.284. The molecular weight excluding hydrogens is 402 g/mol. The largest absolute Gasteiger partial charge is 0.355 e. The molecule has 2 heterocycles. The number of nitrogens with one attached hydrogen (secondary N) is 2. The number of hydrogen-bond donors (Lipinski definition) is 2. The average molecular weight is 438 g/mol. The summed E-state index contributed by atoms with van der Waals surface area (Å²) in [5.74, 6) is 2.14. The van der Waals surface area contributed by atoms with Crippen LogP contribution in [0, 0.1) is 0 Å². The Morgan fingerprint density at radius 1 is 1.22 bits per heavy atom. The Morgan fingerprint density at radius 2 is 2.09 bits per heavy atom. The predicted octanol–water partition coefficient (Wildman–Crippen LogP) is 1.95. The first kappa shape index (κ1) is 22.3. The first-order valence-corrected chi connectivity index (χ1v) is 12.0. The molecule has 1 unspecified atom stereocenters. The van der Waals surface area contributed by atoms with Gasteiger partial charge in [-0.3, -0.25) is 9.79 Å². The van der Waals surface area contributed by atoms with Gasteiger partial charge in [0.05, 0.1) is 0 Å².